The van der Waals surface area contributed by atoms with E-state index in [1.165, 1.54) is 17.3 Å². The van der Waals surface area contributed by atoms with Crippen molar-refractivity contribution >= 4 is 23.4 Å². The summed E-state index contributed by atoms with van der Waals surface area (Å²) in [7, 11) is 0. The van der Waals surface area contributed by atoms with E-state index in [4.69, 9.17) is 4.74 Å². The fourth-order valence-electron chi connectivity index (χ4n) is 3.38. The van der Waals surface area contributed by atoms with Gasteiger partial charge in [-0.2, -0.15) is 0 Å². The highest BCUT2D eigenvalue weighted by molar-refractivity contribution is 7.99. The van der Waals surface area contributed by atoms with Crippen LogP contribution in [0.4, 0.5) is 5.69 Å². The third-order valence-electron chi connectivity index (χ3n) is 5.23. The number of thioether (sulfide) groups is 1. The van der Waals surface area contributed by atoms with Crippen LogP contribution in [0.1, 0.15) is 49.2 Å². The third kappa shape index (κ3) is 6.71. The number of aryl methyl sites for hydroxylation is 2. The predicted molar refractivity (Wildman–Crippen MR) is 135 cm³/mol. The lowest BCUT2D eigenvalue weighted by Gasteiger charge is -2.15. The fourth-order valence-corrected chi connectivity index (χ4v) is 4.15. The van der Waals surface area contributed by atoms with Crippen LogP contribution in [0.2, 0.25) is 0 Å². The Morgan fingerprint density at radius 1 is 1.21 bits per heavy atom. The number of hydrogen-bond donors (Lipinski definition) is 1. The molecule has 1 heterocycles. The molecule has 0 radical (unpaired) electrons. The van der Waals surface area contributed by atoms with Crippen LogP contribution in [0.25, 0.3) is 0 Å². The first kappa shape index (κ1) is 24.6. The van der Waals surface area contributed by atoms with E-state index < -0.39 is 0 Å². The molecule has 3 rings (SSSR count). The number of ether oxygens (including phenoxy) is 1. The summed E-state index contributed by atoms with van der Waals surface area (Å²) in [5.74, 6) is 2.07. The number of hydrogen-bond acceptors (Lipinski definition) is 5. The van der Waals surface area contributed by atoms with Crippen molar-refractivity contribution in [3.8, 4) is 5.75 Å². The highest BCUT2D eigenvalue weighted by Gasteiger charge is 2.16. The highest BCUT2D eigenvalue weighted by atomic mass is 32.2. The maximum absolute atomic E-state index is 12.4. The van der Waals surface area contributed by atoms with Crippen LogP contribution < -0.4 is 10.1 Å². The second-order valence-corrected chi connectivity index (χ2v) is 9.11. The SMILES string of the molecule is C=CCn1c(COc2cc(C)ccc2C(C)C)nnc1SCC(=O)Nc1ccc(CC)cc1. The number of benzene rings is 2. The summed E-state index contributed by atoms with van der Waals surface area (Å²) < 4.78 is 8.08. The topological polar surface area (TPSA) is 69.0 Å². The van der Waals surface area contributed by atoms with E-state index in [0.29, 0.717) is 30.1 Å². The molecule has 33 heavy (non-hydrogen) atoms. The smallest absolute Gasteiger partial charge is 0.234 e. The molecule has 7 heteroatoms. The molecule has 174 valence electrons. The molecule has 0 saturated heterocycles. The summed E-state index contributed by atoms with van der Waals surface area (Å²) >= 11 is 1.35. The number of nitrogens with one attached hydrogen (secondary N) is 1. The molecule has 0 saturated carbocycles. The molecule has 0 bridgehead atoms. The number of nitrogens with zero attached hydrogens (tertiary/aromatic N) is 3. The average molecular weight is 465 g/mol. The third-order valence-corrected chi connectivity index (χ3v) is 6.20. The van der Waals surface area contributed by atoms with Gasteiger partial charge in [0, 0.05) is 12.2 Å². The minimum atomic E-state index is -0.0865. The Bertz CT molecular complexity index is 1090. The number of carbonyl (C=O) groups excluding carboxylic acids is 1. The van der Waals surface area contributed by atoms with Crippen molar-refractivity contribution in [2.75, 3.05) is 11.1 Å². The van der Waals surface area contributed by atoms with Crippen LogP contribution in [-0.4, -0.2) is 26.4 Å². The van der Waals surface area contributed by atoms with E-state index >= 15 is 0 Å². The number of aromatic nitrogens is 3. The van der Waals surface area contributed by atoms with Gasteiger partial charge in [0.2, 0.25) is 5.91 Å². The lowest BCUT2D eigenvalue weighted by molar-refractivity contribution is -0.113. The number of rotatable bonds is 11. The normalized spacial score (nSPS) is 10.9. The highest BCUT2D eigenvalue weighted by Crippen LogP contribution is 2.28. The summed E-state index contributed by atoms with van der Waals surface area (Å²) in [5.41, 5.74) is 4.33. The van der Waals surface area contributed by atoms with Gasteiger partial charge in [0.25, 0.3) is 0 Å². The first-order valence-corrected chi connectivity index (χ1v) is 12.2. The number of carbonyl (C=O) groups is 1. The van der Waals surface area contributed by atoms with Crippen molar-refractivity contribution in [2.24, 2.45) is 0 Å². The van der Waals surface area contributed by atoms with Gasteiger partial charge in [0.1, 0.15) is 12.4 Å². The fraction of sp³-hybridized carbons (Fsp3) is 0.346. The molecule has 1 amide bonds. The quantitative estimate of drug-likeness (QED) is 0.288. The first-order chi connectivity index (χ1) is 15.9. The Hall–Kier alpha value is -3.06. The molecule has 0 spiro atoms. The average Bonchev–Trinajstić information content (AvgIpc) is 3.18. The largest absolute Gasteiger partial charge is 0.485 e. The molecule has 0 atom stereocenters. The van der Waals surface area contributed by atoms with E-state index in [0.717, 1.165) is 29.0 Å². The van der Waals surface area contributed by atoms with E-state index in [9.17, 15) is 4.79 Å². The summed E-state index contributed by atoms with van der Waals surface area (Å²) in [4.78, 5) is 12.4. The van der Waals surface area contributed by atoms with Crippen LogP contribution in [0.5, 0.6) is 5.75 Å². The lowest BCUT2D eigenvalue weighted by atomic mass is 10.0. The summed E-state index contributed by atoms with van der Waals surface area (Å²) in [6.07, 6.45) is 2.76. The molecule has 6 nitrogen and oxygen atoms in total. The molecular formula is C26H32N4O2S. The standard InChI is InChI=1S/C26H32N4O2S/c1-6-14-30-24(16-32-23-15-19(5)8-13-22(23)18(3)4)28-29-26(30)33-17-25(31)27-21-11-9-20(7-2)10-12-21/h6,8-13,15,18H,1,7,14,16-17H2,2-5H3,(H,27,31). The Balaban J connectivity index is 1.65. The van der Waals surface area contributed by atoms with Gasteiger partial charge in [-0.25, -0.2) is 0 Å². The number of allylic oxidation sites excluding steroid dienone is 1. The maximum Gasteiger partial charge on any atom is 0.234 e. The van der Waals surface area contributed by atoms with Crippen LogP contribution in [0.15, 0.2) is 60.3 Å². The van der Waals surface area contributed by atoms with Crippen LogP contribution in [0, 0.1) is 6.92 Å². The Morgan fingerprint density at radius 3 is 2.64 bits per heavy atom. The molecule has 1 aromatic heterocycles. The second kappa shape index (κ2) is 11.7. The molecule has 0 aliphatic heterocycles. The molecule has 0 aliphatic rings. The lowest BCUT2D eigenvalue weighted by Crippen LogP contribution is -2.15. The van der Waals surface area contributed by atoms with Gasteiger partial charge < -0.3 is 10.1 Å². The summed E-state index contributed by atoms with van der Waals surface area (Å²) in [5, 5.41) is 12.2. The van der Waals surface area contributed by atoms with Gasteiger partial charge in [0.15, 0.2) is 11.0 Å². The molecule has 3 aromatic rings. The van der Waals surface area contributed by atoms with Crippen molar-refractivity contribution in [2.45, 2.75) is 58.3 Å². The molecule has 2 aromatic carbocycles. The van der Waals surface area contributed by atoms with Crippen LogP contribution in [-0.2, 0) is 24.4 Å². The van der Waals surface area contributed by atoms with Crippen molar-refractivity contribution in [3.05, 3.63) is 77.6 Å². The van der Waals surface area contributed by atoms with E-state index in [-0.39, 0.29) is 11.7 Å². The molecular weight excluding hydrogens is 432 g/mol. The summed E-state index contributed by atoms with van der Waals surface area (Å²) in [6, 6.07) is 14.2. The minimum Gasteiger partial charge on any atom is -0.485 e. The monoisotopic (exact) mass is 464 g/mol. The Morgan fingerprint density at radius 2 is 1.97 bits per heavy atom. The van der Waals surface area contributed by atoms with Gasteiger partial charge in [-0.15, -0.1) is 16.8 Å². The van der Waals surface area contributed by atoms with Gasteiger partial charge in [-0.1, -0.05) is 62.9 Å². The van der Waals surface area contributed by atoms with Gasteiger partial charge >= 0.3 is 0 Å². The van der Waals surface area contributed by atoms with Crippen LogP contribution >= 0.6 is 11.8 Å². The molecule has 0 aliphatic carbocycles. The molecule has 1 N–H and O–H groups in total. The zero-order valence-corrected chi connectivity index (χ0v) is 20.6. The van der Waals surface area contributed by atoms with E-state index in [2.05, 4.69) is 68.0 Å². The second-order valence-electron chi connectivity index (χ2n) is 8.17. The van der Waals surface area contributed by atoms with Gasteiger partial charge in [-0.05, 0) is 54.2 Å². The van der Waals surface area contributed by atoms with Crippen molar-refractivity contribution in [1.82, 2.24) is 14.8 Å². The Labute approximate surface area is 200 Å². The van der Waals surface area contributed by atoms with Crippen molar-refractivity contribution in [3.63, 3.8) is 0 Å². The minimum absolute atomic E-state index is 0.0865. The zero-order valence-electron chi connectivity index (χ0n) is 19.8. The summed E-state index contributed by atoms with van der Waals surface area (Å²) in [6.45, 7) is 13.1. The number of amides is 1. The van der Waals surface area contributed by atoms with E-state index in [1.54, 1.807) is 6.08 Å². The van der Waals surface area contributed by atoms with Crippen molar-refractivity contribution < 1.29 is 9.53 Å². The Kier molecular flexibility index (Phi) is 8.72. The van der Waals surface area contributed by atoms with Gasteiger partial charge in [0.05, 0.1) is 5.75 Å². The molecule has 0 unspecified atom stereocenters. The predicted octanol–water partition coefficient (Wildman–Crippen LogP) is 5.77. The maximum atomic E-state index is 12.4. The van der Waals surface area contributed by atoms with Crippen molar-refractivity contribution in [1.29, 1.82) is 0 Å². The van der Waals surface area contributed by atoms with Crippen LogP contribution in [0.3, 0.4) is 0 Å². The first-order valence-electron chi connectivity index (χ1n) is 11.2. The molecule has 0 fully saturated rings. The zero-order chi connectivity index (χ0) is 23.8. The van der Waals surface area contributed by atoms with Gasteiger partial charge in [-0.3, -0.25) is 9.36 Å². The number of anilines is 1. The van der Waals surface area contributed by atoms with E-state index in [1.807, 2.05) is 28.8 Å².